The van der Waals surface area contributed by atoms with Crippen LogP contribution >= 0.6 is 24.0 Å². The van der Waals surface area contributed by atoms with Gasteiger partial charge in [-0.15, -0.1) is 11.8 Å². The van der Waals surface area contributed by atoms with Gasteiger partial charge in [0.05, 0.1) is 5.25 Å². The average Bonchev–Trinajstić information content (AvgIpc) is 3.17. The van der Waals surface area contributed by atoms with Gasteiger partial charge in [0.15, 0.2) is 16.7 Å². The summed E-state index contributed by atoms with van der Waals surface area (Å²) in [4.78, 5) is 24.9. The van der Waals surface area contributed by atoms with Crippen LogP contribution in [0.3, 0.4) is 0 Å². The summed E-state index contributed by atoms with van der Waals surface area (Å²) in [6.07, 6.45) is 0.654. The number of aryl methyl sites for hydroxylation is 1. The number of nitrogens with one attached hydrogen (secondary N) is 3. The van der Waals surface area contributed by atoms with Crippen LogP contribution in [-0.2, 0) is 4.79 Å². The molecule has 1 unspecified atom stereocenters. The van der Waals surface area contributed by atoms with Crippen LogP contribution in [0.2, 0.25) is 0 Å². The first kappa shape index (κ1) is 23.5. The van der Waals surface area contributed by atoms with Crippen molar-refractivity contribution in [1.29, 1.82) is 0 Å². The van der Waals surface area contributed by atoms with Gasteiger partial charge in [-0.25, -0.2) is 0 Å². The Balaban J connectivity index is 1.59. The highest BCUT2D eigenvalue weighted by atomic mass is 32.2. The van der Waals surface area contributed by atoms with Gasteiger partial charge in [0.25, 0.3) is 0 Å². The second-order valence-electron chi connectivity index (χ2n) is 7.07. The number of carbonyl (C=O) groups excluding carboxylic acids is 2. The molecule has 0 aliphatic rings. The van der Waals surface area contributed by atoms with Crippen molar-refractivity contribution in [2.24, 2.45) is 0 Å². The molecule has 3 N–H and O–H groups in total. The maximum absolute atomic E-state index is 12.6. The van der Waals surface area contributed by atoms with E-state index < -0.39 is 0 Å². The maximum atomic E-state index is 12.6. The van der Waals surface area contributed by atoms with Gasteiger partial charge >= 0.3 is 0 Å². The number of anilines is 3. The molecule has 166 valence electrons. The summed E-state index contributed by atoms with van der Waals surface area (Å²) in [6, 6.07) is 16.5. The Morgan fingerprint density at radius 2 is 1.78 bits per heavy atom. The van der Waals surface area contributed by atoms with Gasteiger partial charge in [0.2, 0.25) is 5.91 Å². The lowest BCUT2D eigenvalue weighted by molar-refractivity contribution is -0.115. The van der Waals surface area contributed by atoms with Gasteiger partial charge < -0.3 is 20.5 Å². The molecule has 0 aliphatic carbocycles. The molecule has 1 atom stereocenters. The molecule has 0 saturated heterocycles. The molecule has 0 aliphatic heterocycles. The molecule has 3 rings (SSSR count). The molecule has 0 saturated carbocycles. The molecule has 0 fully saturated rings. The van der Waals surface area contributed by atoms with Gasteiger partial charge in [0, 0.05) is 27.9 Å². The number of carbonyl (C=O) groups is 2. The Hall–Kier alpha value is -3.17. The van der Waals surface area contributed by atoms with E-state index in [0.717, 1.165) is 16.3 Å². The van der Waals surface area contributed by atoms with E-state index in [1.165, 1.54) is 18.7 Å². The Morgan fingerprint density at radius 3 is 2.41 bits per heavy atom. The van der Waals surface area contributed by atoms with E-state index in [1.807, 2.05) is 31.2 Å². The Kier molecular flexibility index (Phi) is 8.02. The zero-order valence-corrected chi connectivity index (χ0v) is 19.6. The minimum Gasteiger partial charge on any atom is -0.360 e. The molecule has 2 aromatic carbocycles. The quantitative estimate of drug-likeness (QED) is 0.226. The normalized spacial score (nSPS) is 11.5. The highest BCUT2D eigenvalue weighted by Crippen LogP contribution is 2.28. The summed E-state index contributed by atoms with van der Waals surface area (Å²) < 4.78 is 5.00. The topological polar surface area (TPSA) is 96.3 Å². The maximum Gasteiger partial charge on any atom is 0.239 e. The number of hydrogen-bond acceptors (Lipinski definition) is 6. The largest absolute Gasteiger partial charge is 0.360 e. The monoisotopic (exact) mass is 468 g/mol. The van der Waals surface area contributed by atoms with E-state index in [1.54, 1.807) is 37.3 Å². The molecule has 9 heteroatoms. The predicted octanol–water partition coefficient (Wildman–Crippen LogP) is 5.50. The summed E-state index contributed by atoms with van der Waals surface area (Å²) in [5, 5.41) is 13.0. The number of aromatic nitrogens is 1. The van der Waals surface area contributed by atoms with Crippen LogP contribution in [0.5, 0.6) is 0 Å². The van der Waals surface area contributed by atoms with E-state index in [4.69, 9.17) is 16.7 Å². The number of thioether (sulfide) groups is 1. The van der Waals surface area contributed by atoms with Gasteiger partial charge in [-0.1, -0.05) is 18.1 Å². The van der Waals surface area contributed by atoms with Crippen molar-refractivity contribution in [3.8, 4) is 0 Å². The number of benzene rings is 2. The lowest BCUT2D eigenvalue weighted by Crippen LogP contribution is -2.24. The summed E-state index contributed by atoms with van der Waals surface area (Å²) in [7, 11) is 0. The number of nitrogens with zero attached hydrogens (tertiary/aromatic N) is 1. The van der Waals surface area contributed by atoms with Crippen molar-refractivity contribution in [2.75, 3.05) is 16.0 Å². The third kappa shape index (κ3) is 6.66. The minimum absolute atomic E-state index is 0.0155. The molecule has 1 amide bonds. The standard InChI is InChI=1S/C23H24N4O3S2/c1-4-20(22(29)26-21-12-14(2)30-27-21)32-19-7-5-6-18(13-19)25-23(31)24-17-10-8-16(9-11-17)15(3)28/h5-13,20H,4H2,1-3H3,(H2,24,25,31)(H,26,27,29). The molecular formula is C23H24N4O3S2. The lowest BCUT2D eigenvalue weighted by Gasteiger charge is -2.15. The van der Waals surface area contributed by atoms with Crippen LogP contribution in [0.1, 0.15) is 36.4 Å². The van der Waals surface area contributed by atoms with Crippen molar-refractivity contribution >= 4 is 58.0 Å². The van der Waals surface area contributed by atoms with E-state index in [9.17, 15) is 9.59 Å². The number of rotatable bonds is 8. The Morgan fingerprint density at radius 1 is 1.06 bits per heavy atom. The number of hydrogen-bond donors (Lipinski definition) is 3. The van der Waals surface area contributed by atoms with Crippen LogP contribution in [-0.4, -0.2) is 27.2 Å². The van der Waals surface area contributed by atoms with Gasteiger partial charge in [0.1, 0.15) is 5.76 Å². The SMILES string of the molecule is CCC(Sc1cccc(NC(=S)Nc2ccc(C(C)=O)cc2)c1)C(=O)Nc1cc(C)on1. The summed E-state index contributed by atoms with van der Waals surface area (Å²) in [5.41, 5.74) is 2.23. The van der Waals surface area contributed by atoms with Gasteiger partial charge in [-0.05, 0) is 75.0 Å². The molecule has 0 bridgehead atoms. The number of thiocarbonyl (C=S) groups is 1. The molecule has 1 aromatic heterocycles. The second-order valence-corrected chi connectivity index (χ2v) is 8.75. The fourth-order valence-corrected chi connectivity index (χ4v) is 4.10. The smallest absolute Gasteiger partial charge is 0.239 e. The van der Waals surface area contributed by atoms with E-state index >= 15 is 0 Å². The van der Waals surface area contributed by atoms with E-state index in [2.05, 4.69) is 21.1 Å². The predicted molar refractivity (Wildman–Crippen MR) is 133 cm³/mol. The number of amides is 1. The van der Waals surface area contributed by atoms with Crippen LogP contribution in [0.25, 0.3) is 0 Å². The Labute approximate surface area is 196 Å². The van der Waals surface area contributed by atoms with Crippen molar-refractivity contribution in [3.63, 3.8) is 0 Å². The summed E-state index contributed by atoms with van der Waals surface area (Å²) in [5.74, 6) is 0.936. The van der Waals surface area contributed by atoms with Crippen LogP contribution in [0.15, 0.2) is 64.0 Å². The molecule has 32 heavy (non-hydrogen) atoms. The van der Waals surface area contributed by atoms with E-state index in [0.29, 0.717) is 28.7 Å². The third-order valence-electron chi connectivity index (χ3n) is 4.46. The van der Waals surface area contributed by atoms with Crippen molar-refractivity contribution in [3.05, 3.63) is 65.9 Å². The highest BCUT2D eigenvalue weighted by molar-refractivity contribution is 8.00. The lowest BCUT2D eigenvalue weighted by atomic mass is 10.1. The molecule has 0 spiro atoms. The first-order valence-corrected chi connectivity index (χ1v) is 11.3. The third-order valence-corrected chi connectivity index (χ3v) is 6.02. The zero-order chi connectivity index (χ0) is 23.1. The summed E-state index contributed by atoms with van der Waals surface area (Å²) in [6.45, 7) is 5.26. The highest BCUT2D eigenvalue weighted by Gasteiger charge is 2.19. The number of Topliss-reactive ketones (excluding diaryl/α,β-unsaturated/α-hetero) is 1. The van der Waals surface area contributed by atoms with Crippen molar-refractivity contribution in [2.45, 2.75) is 37.3 Å². The molecule has 1 heterocycles. The number of ketones is 1. The zero-order valence-electron chi connectivity index (χ0n) is 18.0. The fraction of sp³-hybridized carbons (Fsp3) is 0.217. The Bertz CT molecular complexity index is 1110. The van der Waals surface area contributed by atoms with Gasteiger partial charge in [-0.3, -0.25) is 9.59 Å². The van der Waals surface area contributed by atoms with Crippen molar-refractivity contribution in [1.82, 2.24) is 5.16 Å². The first-order valence-electron chi connectivity index (χ1n) is 10.0. The van der Waals surface area contributed by atoms with Gasteiger partial charge in [-0.2, -0.15) is 0 Å². The fourth-order valence-electron chi connectivity index (χ4n) is 2.85. The molecular weight excluding hydrogens is 444 g/mol. The summed E-state index contributed by atoms with van der Waals surface area (Å²) >= 11 is 6.86. The van der Waals surface area contributed by atoms with Crippen LogP contribution < -0.4 is 16.0 Å². The molecule has 0 radical (unpaired) electrons. The van der Waals surface area contributed by atoms with Crippen LogP contribution in [0.4, 0.5) is 17.2 Å². The molecule has 7 nitrogen and oxygen atoms in total. The minimum atomic E-state index is -0.285. The first-order chi connectivity index (χ1) is 15.3. The van der Waals surface area contributed by atoms with Crippen molar-refractivity contribution < 1.29 is 14.1 Å². The average molecular weight is 469 g/mol. The van der Waals surface area contributed by atoms with Crippen LogP contribution in [0, 0.1) is 6.92 Å². The van der Waals surface area contributed by atoms with E-state index in [-0.39, 0.29) is 16.9 Å². The second kappa shape index (κ2) is 10.9. The molecule has 3 aromatic rings.